The van der Waals surface area contributed by atoms with Gasteiger partial charge in [-0.25, -0.2) is 4.98 Å². The second-order valence-electron chi connectivity index (χ2n) is 6.58. The zero-order valence-electron chi connectivity index (χ0n) is 14.6. The molecule has 1 unspecified atom stereocenters. The van der Waals surface area contributed by atoms with Gasteiger partial charge in [-0.3, -0.25) is 4.79 Å². The molecule has 5 nitrogen and oxygen atoms in total. The molecule has 5 heteroatoms. The fourth-order valence-corrected chi connectivity index (χ4v) is 3.53. The molecule has 1 aliphatic rings. The van der Waals surface area contributed by atoms with Crippen molar-refractivity contribution in [2.24, 2.45) is 0 Å². The van der Waals surface area contributed by atoms with Crippen LogP contribution >= 0.6 is 0 Å². The molecule has 2 N–H and O–H groups in total. The minimum absolute atomic E-state index is 0.0765. The van der Waals surface area contributed by atoms with E-state index in [9.17, 15) is 4.79 Å². The number of fused-ring (bicyclic) bond motifs is 1. The van der Waals surface area contributed by atoms with E-state index in [2.05, 4.69) is 44.5 Å². The lowest BCUT2D eigenvalue weighted by atomic mass is 10.0. The summed E-state index contributed by atoms with van der Waals surface area (Å²) < 4.78 is 0. The maximum Gasteiger partial charge on any atom is 0.242 e. The molecule has 0 bridgehead atoms. The predicted molar refractivity (Wildman–Crippen MR) is 102 cm³/mol. The molecule has 26 heavy (non-hydrogen) atoms. The lowest BCUT2D eigenvalue weighted by Crippen LogP contribution is -2.45. The van der Waals surface area contributed by atoms with Gasteiger partial charge >= 0.3 is 0 Å². The van der Waals surface area contributed by atoms with Crippen molar-refractivity contribution in [1.82, 2.24) is 15.3 Å². The fourth-order valence-electron chi connectivity index (χ4n) is 3.53. The van der Waals surface area contributed by atoms with E-state index in [0.29, 0.717) is 13.1 Å². The van der Waals surface area contributed by atoms with Gasteiger partial charge in [0, 0.05) is 18.4 Å². The van der Waals surface area contributed by atoms with Gasteiger partial charge in [0.25, 0.3) is 0 Å². The largest absolute Gasteiger partial charge is 0.353 e. The van der Waals surface area contributed by atoms with Gasteiger partial charge < -0.3 is 15.2 Å². The van der Waals surface area contributed by atoms with E-state index in [4.69, 9.17) is 0 Å². The smallest absolute Gasteiger partial charge is 0.242 e. The Morgan fingerprint density at radius 3 is 2.69 bits per heavy atom. The first-order valence-corrected chi connectivity index (χ1v) is 8.95. The Morgan fingerprint density at radius 2 is 1.88 bits per heavy atom. The first-order valence-electron chi connectivity index (χ1n) is 8.95. The predicted octanol–water partition coefficient (Wildman–Crippen LogP) is 3.05. The standard InChI is InChI=1S/C21H22N4O/c26-21-20(11-10-16-6-2-1-3-7-16)25(14-18-13-22-15-24-18)19-9-5-4-8-17(19)12-23-21/h1-9,13,15,20H,10-12,14H2,(H,22,24)(H,23,26). The molecule has 0 saturated carbocycles. The molecule has 0 spiro atoms. The third-order valence-electron chi connectivity index (χ3n) is 4.87. The van der Waals surface area contributed by atoms with Crippen LogP contribution in [0.2, 0.25) is 0 Å². The molecular formula is C21H22N4O. The number of aryl methyl sites for hydroxylation is 1. The highest BCUT2D eigenvalue weighted by atomic mass is 16.2. The van der Waals surface area contributed by atoms with Gasteiger partial charge in [-0.15, -0.1) is 0 Å². The van der Waals surface area contributed by atoms with Crippen molar-refractivity contribution < 1.29 is 4.79 Å². The van der Waals surface area contributed by atoms with Crippen LogP contribution in [-0.4, -0.2) is 21.9 Å². The number of benzene rings is 2. The Hall–Kier alpha value is -3.08. The molecule has 1 amide bonds. The average Bonchev–Trinajstić information content (AvgIpc) is 3.15. The topological polar surface area (TPSA) is 61.0 Å². The minimum Gasteiger partial charge on any atom is -0.353 e. The first kappa shape index (κ1) is 16.4. The van der Waals surface area contributed by atoms with Gasteiger partial charge in [0.15, 0.2) is 0 Å². The lowest BCUT2D eigenvalue weighted by molar-refractivity contribution is -0.122. The lowest BCUT2D eigenvalue weighted by Gasteiger charge is -2.31. The van der Waals surface area contributed by atoms with E-state index >= 15 is 0 Å². The van der Waals surface area contributed by atoms with Gasteiger partial charge in [0.1, 0.15) is 6.04 Å². The number of carbonyl (C=O) groups is 1. The number of rotatable bonds is 5. The zero-order valence-corrected chi connectivity index (χ0v) is 14.6. The van der Waals surface area contributed by atoms with Gasteiger partial charge in [-0.05, 0) is 30.0 Å². The van der Waals surface area contributed by atoms with Crippen molar-refractivity contribution in [2.75, 3.05) is 4.90 Å². The SMILES string of the molecule is O=C1NCc2ccccc2N(Cc2c[nH]cn2)C1CCc1ccccc1. The number of nitrogens with one attached hydrogen (secondary N) is 2. The number of aromatic nitrogens is 2. The molecule has 2 heterocycles. The van der Waals surface area contributed by atoms with Crippen LogP contribution in [-0.2, 0) is 24.3 Å². The van der Waals surface area contributed by atoms with E-state index in [1.54, 1.807) is 6.33 Å². The highest BCUT2D eigenvalue weighted by Gasteiger charge is 2.30. The van der Waals surface area contributed by atoms with Gasteiger partial charge in [0.05, 0.1) is 18.6 Å². The van der Waals surface area contributed by atoms with E-state index in [0.717, 1.165) is 29.8 Å². The number of carbonyl (C=O) groups excluding carboxylic acids is 1. The molecule has 0 aliphatic carbocycles. The molecule has 0 saturated heterocycles. The van der Waals surface area contributed by atoms with Gasteiger partial charge in [-0.1, -0.05) is 48.5 Å². The number of amides is 1. The number of hydrogen-bond donors (Lipinski definition) is 2. The Bertz CT molecular complexity index is 861. The number of imidazole rings is 1. The van der Waals surface area contributed by atoms with Crippen LogP contribution in [0, 0.1) is 0 Å². The van der Waals surface area contributed by atoms with Crippen molar-refractivity contribution in [2.45, 2.75) is 32.0 Å². The molecule has 1 atom stereocenters. The summed E-state index contributed by atoms with van der Waals surface area (Å²) in [6.45, 7) is 1.17. The Morgan fingerprint density at radius 1 is 1.08 bits per heavy atom. The Kier molecular flexibility index (Phi) is 4.69. The third-order valence-corrected chi connectivity index (χ3v) is 4.87. The van der Waals surface area contributed by atoms with Crippen LogP contribution in [0.4, 0.5) is 5.69 Å². The van der Waals surface area contributed by atoms with Crippen molar-refractivity contribution >= 4 is 11.6 Å². The second kappa shape index (κ2) is 7.44. The molecule has 1 aliphatic heterocycles. The van der Waals surface area contributed by atoms with Crippen LogP contribution in [0.3, 0.4) is 0 Å². The molecule has 0 fully saturated rings. The summed E-state index contributed by atoms with van der Waals surface area (Å²) in [5, 5.41) is 3.09. The molecule has 132 valence electrons. The monoisotopic (exact) mass is 346 g/mol. The highest BCUT2D eigenvalue weighted by molar-refractivity contribution is 5.87. The van der Waals surface area contributed by atoms with Crippen LogP contribution in [0.1, 0.15) is 23.2 Å². The van der Waals surface area contributed by atoms with Gasteiger partial charge in [-0.2, -0.15) is 0 Å². The van der Waals surface area contributed by atoms with Crippen molar-refractivity contribution in [3.05, 3.63) is 83.9 Å². The number of anilines is 1. The molecule has 3 aromatic rings. The highest BCUT2D eigenvalue weighted by Crippen LogP contribution is 2.28. The van der Waals surface area contributed by atoms with Crippen molar-refractivity contribution in [3.63, 3.8) is 0 Å². The summed E-state index contributed by atoms with van der Waals surface area (Å²) >= 11 is 0. The normalized spacial score (nSPS) is 16.7. The maximum atomic E-state index is 12.9. The summed E-state index contributed by atoms with van der Waals surface area (Å²) in [6.07, 6.45) is 5.19. The zero-order chi connectivity index (χ0) is 17.8. The van der Waals surface area contributed by atoms with Crippen molar-refractivity contribution in [1.29, 1.82) is 0 Å². The molecule has 2 aromatic carbocycles. The second-order valence-corrected chi connectivity index (χ2v) is 6.58. The first-order chi connectivity index (χ1) is 12.8. The summed E-state index contributed by atoms with van der Waals surface area (Å²) in [5.74, 6) is 0.0765. The molecule has 0 radical (unpaired) electrons. The van der Waals surface area contributed by atoms with Crippen LogP contribution < -0.4 is 10.2 Å². The van der Waals surface area contributed by atoms with Crippen LogP contribution in [0.5, 0.6) is 0 Å². The number of aromatic amines is 1. The minimum atomic E-state index is -0.226. The molecular weight excluding hydrogens is 324 g/mol. The van der Waals surface area contributed by atoms with E-state index in [1.165, 1.54) is 5.56 Å². The van der Waals surface area contributed by atoms with E-state index in [-0.39, 0.29) is 11.9 Å². The number of H-pyrrole nitrogens is 1. The van der Waals surface area contributed by atoms with Crippen LogP contribution in [0.15, 0.2) is 67.1 Å². The van der Waals surface area contributed by atoms with Gasteiger partial charge in [0.2, 0.25) is 5.91 Å². The average molecular weight is 346 g/mol. The molecule has 1 aromatic heterocycles. The summed E-state index contributed by atoms with van der Waals surface area (Å²) in [6, 6.07) is 18.3. The maximum absolute atomic E-state index is 12.9. The van der Waals surface area contributed by atoms with E-state index in [1.807, 2.05) is 36.5 Å². The number of nitrogens with zero attached hydrogens (tertiary/aromatic N) is 2. The quantitative estimate of drug-likeness (QED) is 0.746. The number of hydrogen-bond acceptors (Lipinski definition) is 3. The summed E-state index contributed by atoms with van der Waals surface area (Å²) in [7, 11) is 0. The Balaban J connectivity index is 1.64. The third kappa shape index (κ3) is 3.47. The summed E-state index contributed by atoms with van der Waals surface area (Å²) in [5.41, 5.74) is 4.42. The van der Waals surface area contributed by atoms with Crippen LogP contribution in [0.25, 0.3) is 0 Å². The van der Waals surface area contributed by atoms with Crippen molar-refractivity contribution in [3.8, 4) is 0 Å². The summed E-state index contributed by atoms with van der Waals surface area (Å²) in [4.78, 5) is 22.4. The van der Waals surface area contributed by atoms with E-state index < -0.39 is 0 Å². The fraction of sp³-hybridized carbons (Fsp3) is 0.238. The number of para-hydroxylation sites is 1. The Labute approximate surface area is 153 Å². The molecule has 4 rings (SSSR count).